The normalized spacial score (nSPS) is 12.3. The highest BCUT2D eigenvalue weighted by Gasteiger charge is 2.45. The second-order valence-electron chi connectivity index (χ2n) is 5.33. The molecule has 0 spiro atoms. The number of rotatable bonds is 6. The maximum Gasteiger partial charge on any atom is 0.471 e. The van der Waals surface area contributed by atoms with E-state index in [-0.39, 0.29) is 13.0 Å². The fourth-order valence-electron chi connectivity index (χ4n) is 1.62. The number of hydrogen-bond acceptors (Lipinski definition) is 2. The summed E-state index contributed by atoms with van der Waals surface area (Å²) >= 11 is 0. The Labute approximate surface area is 110 Å². The van der Waals surface area contributed by atoms with Gasteiger partial charge in [-0.2, -0.15) is 13.2 Å². The number of alkyl halides is 3. The number of halogens is 3. The third kappa shape index (κ3) is 7.03. The van der Waals surface area contributed by atoms with Crippen LogP contribution in [-0.2, 0) is 9.59 Å². The van der Waals surface area contributed by atoms with Crippen molar-refractivity contribution < 1.29 is 27.9 Å². The van der Waals surface area contributed by atoms with E-state index in [1.807, 2.05) is 0 Å². The summed E-state index contributed by atoms with van der Waals surface area (Å²) in [5, 5.41) is 8.43. The highest BCUT2D eigenvalue weighted by atomic mass is 19.4. The molecule has 0 aromatic rings. The summed E-state index contributed by atoms with van der Waals surface area (Å²) in [5.41, 5.74) is -0.917. The van der Waals surface area contributed by atoms with Crippen LogP contribution < -0.4 is 0 Å². The van der Waals surface area contributed by atoms with E-state index in [2.05, 4.69) is 0 Å². The van der Waals surface area contributed by atoms with E-state index in [4.69, 9.17) is 5.11 Å². The molecule has 4 nitrogen and oxygen atoms in total. The molecule has 19 heavy (non-hydrogen) atoms. The first kappa shape index (κ1) is 17.7. The Morgan fingerprint density at radius 2 is 1.58 bits per heavy atom. The molecule has 0 saturated heterocycles. The highest BCUT2D eigenvalue weighted by Crippen LogP contribution is 2.24. The molecule has 0 aromatic heterocycles. The monoisotopic (exact) mass is 283 g/mol. The van der Waals surface area contributed by atoms with Crippen LogP contribution in [0.15, 0.2) is 0 Å². The number of carbonyl (C=O) groups excluding carboxylic acids is 1. The molecule has 0 aliphatic heterocycles. The van der Waals surface area contributed by atoms with Gasteiger partial charge in [0.2, 0.25) is 0 Å². The molecule has 0 unspecified atom stereocenters. The Bertz CT molecular complexity index is 321. The second kappa shape index (κ2) is 6.77. The molecule has 0 aliphatic carbocycles. The lowest BCUT2D eigenvalue weighted by atomic mass is 10.0. The van der Waals surface area contributed by atoms with Gasteiger partial charge >= 0.3 is 18.1 Å². The van der Waals surface area contributed by atoms with Crippen LogP contribution >= 0.6 is 0 Å². The van der Waals surface area contributed by atoms with Crippen molar-refractivity contribution in [2.75, 3.05) is 6.54 Å². The van der Waals surface area contributed by atoms with Gasteiger partial charge in [0.05, 0.1) is 0 Å². The Hall–Kier alpha value is -1.27. The van der Waals surface area contributed by atoms with Crippen LogP contribution in [0.3, 0.4) is 0 Å². The molecular weight excluding hydrogens is 263 g/mol. The van der Waals surface area contributed by atoms with Gasteiger partial charge < -0.3 is 10.0 Å². The predicted octanol–water partition coefficient (Wildman–Crippen LogP) is 2.82. The van der Waals surface area contributed by atoms with Gasteiger partial charge in [0.25, 0.3) is 0 Å². The van der Waals surface area contributed by atoms with Crippen LogP contribution in [0.25, 0.3) is 0 Å². The lowest BCUT2D eigenvalue weighted by Crippen LogP contribution is -2.51. The van der Waals surface area contributed by atoms with E-state index in [0.717, 1.165) is 4.90 Å². The summed E-state index contributed by atoms with van der Waals surface area (Å²) in [6.07, 6.45) is -3.67. The topological polar surface area (TPSA) is 57.6 Å². The Morgan fingerprint density at radius 3 is 1.95 bits per heavy atom. The first-order chi connectivity index (χ1) is 8.46. The van der Waals surface area contributed by atoms with Gasteiger partial charge in [0.1, 0.15) is 0 Å². The molecule has 7 heteroatoms. The Kier molecular flexibility index (Phi) is 6.32. The first-order valence-corrected chi connectivity index (χ1v) is 6.07. The highest BCUT2D eigenvalue weighted by molar-refractivity contribution is 5.82. The van der Waals surface area contributed by atoms with Gasteiger partial charge in [-0.3, -0.25) is 9.59 Å². The van der Waals surface area contributed by atoms with Gasteiger partial charge in [-0.25, -0.2) is 0 Å². The van der Waals surface area contributed by atoms with Crippen LogP contribution in [0.1, 0.15) is 46.5 Å². The minimum atomic E-state index is -4.88. The van der Waals surface area contributed by atoms with Gasteiger partial charge in [-0.05, 0) is 33.6 Å². The smallest absolute Gasteiger partial charge is 0.471 e. The van der Waals surface area contributed by atoms with Crippen LogP contribution in [0, 0.1) is 0 Å². The van der Waals surface area contributed by atoms with Gasteiger partial charge in [-0.1, -0.05) is 6.42 Å². The van der Waals surface area contributed by atoms with Crippen molar-refractivity contribution in [1.29, 1.82) is 0 Å². The molecule has 0 radical (unpaired) electrons. The number of amides is 1. The summed E-state index contributed by atoms with van der Waals surface area (Å²) in [7, 11) is 0. The predicted molar refractivity (Wildman–Crippen MR) is 63.6 cm³/mol. The minimum absolute atomic E-state index is 0.0112. The summed E-state index contributed by atoms with van der Waals surface area (Å²) in [5.74, 6) is -2.78. The number of aliphatic carboxylic acids is 1. The van der Waals surface area contributed by atoms with Gasteiger partial charge in [0.15, 0.2) is 0 Å². The molecule has 0 rings (SSSR count). The SMILES string of the molecule is CC(C)(C)N(CCCCCC(=O)O)C(=O)C(F)(F)F. The Balaban J connectivity index is 4.40. The molecule has 0 aromatic carbocycles. The number of carbonyl (C=O) groups is 2. The number of carboxylic acid groups (broad SMARTS) is 1. The van der Waals surface area contributed by atoms with Crippen molar-refractivity contribution in [2.24, 2.45) is 0 Å². The van der Waals surface area contributed by atoms with E-state index in [9.17, 15) is 22.8 Å². The largest absolute Gasteiger partial charge is 0.481 e. The Morgan fingerprint density at radius 1 is 1.05 bits per heavy atom. The number of nitrogens with zero attached hydrogens (tertiary/aromatic N) is 1. The molecule has 0 atom stereocenters. The molecular formula is C12H20F3NO3. The van der Waals surface area contributed by atoms with Crippen molar-refractivity contribution in [3.63, 3.8) is 0 Å². The van der Waals surface area contributed by atoms with Crippen molar-refractivity contribution in [3.8, 4) is 0 Å². The summed E-state index contributed by atoms with van der Waals surface area (Å²) < 4.78 is 37.3. The molecule has 0 heterocycles. The third-order valence-corrected chi connectivity index (χ3v) is 2.57. The zero-order valence-electron chi connectivity index (χ0n) is 11.4. The number of unbranched alkanes of at least 4 members (excludes halogenated alkanes) is 2. The van der Waals surface area contributed by atoms with Crippen LogP contribution in [0.5, 0.6) is 0 Å². The van der Waals surface area contributed by atoms with E-state index in [1.54, 1.807) is 0 Å². The molecule has 112 valence electrons. The first-order valence-electron chi connectivity index (χ1n) is 6.07. The second-order valence-corrected chi connectivity index (χ2v) is 5.33. The quantitative estimate of drug-likeness (QED) is 0.763. The summed E-state index contributed by atoms with van der Waals surface area (Å²) in [4.78, 5) is 22.4. The van der Waals surface area contributed by atoms with Gasteiger partial charge in [-0.15, -0.1) is 0 Å². The van der Waals surface area contributed by atoms with Crippen LogP contribution in [-0.4, -0.2) is 40.1 Å². The maximum absolute atomic E-state index is 12.4. The van der Waals surface area contributed by atoms with E-state index in [0.29, 0.717) is 19.3 Å². The van der Waals surface area contributed by atoms with Crippen molar-refractivity contribution in [1.82, 2.24) is 4.90 Å². The van der Waals surface area contributed by atoms with Crippen LogP contribution in [0.2, 0.25) is 0 Å². The molecule has 1 N–H and O–H groups in total. The molecule has 0 bridgehead atoms. The lowest BCUT2D eigenvalue weighted by molar-refractivity contribution is -0.190. The average molecular weight is 283 g/mol. The van der Waals surface area contributed by atoms with E-state index >= 15 is 0 Å². The molecule has 0 aliphatic rings. The van der Waals surface area contributed by atoms with E-state index < -0.39 is 23.6 Å². The zero-order valence-corrected chi connectivity index (χ0v) is 11.4. The fourth-order valence-corrected chi connectivity index (χ4v) is 1.62. The lowest BCUT2D eigenvalue weighted by Gasteiger charge is -2.36. The molecule has 0 fully saturated rings. The summed E-state index contributed by atoms with van der Waals surface area (Å²) in [6.45, 7) is 4.58. The maximum atomic E-state index is 12.4. The van der Waals surface area contributed by atoms with Gasteiger partial charge in [0, 0.05) is 18.5 Å². The molecule has 0 saturated carbocycles. The average Bonchev–Trinajstić information content (AvgIpc) is 2.18. The summed E-state index contributed by atoms with van der Waals surface area (Å²) in [6, 6.07) is 0. The third-order valence-electron chi connectivity index (χ3n) is 2.57. The number of hydrogen-bond donors (Lipinski definition) is 1. The van der Waals surface area contributed by atoms with Crippen molar-refractivity contribution in [3.05, 3.63) is 0 Å². The minimum Gasteiger partial charge on any atom is -0.481 e. The fraction of sp³-hybridized carbons (Fsp3) is 0.833. The van der Waals surface area contributed by atoms with Crippen molar-refractivity contribution >= 4 is 11.9 Å². The number of carboxylic acids is 1. The van der Waals surface area contributed by atoms with E-state index in [1.165, 1.54) is 20.8 Å². The van der Waals surface area contributed by atoms with Crippen molar-refractivity contribution in [2.45, 2.75) is 58.2 Å². The standard InChI is InChI=1S/C12H20F3NO3/c1-11(2,3)16(10(19)12(13,14)15)8-6-4-5-7-9(17)18/h4-8H2,1-3H3,(H,17,18). The zero-order chi connectivity index (χ0) is 15.3. The molecule has 1 amide bonds. The van der Waals surface area contributed by atoms with Crippen LogP contribution in [0.4, 0.5) is 13.2 Å².